The quantitative estimate of drug-likeness (QED) is 0.622. The van der Waals surface area contributed by atoms with E-state index < -0.39 is 5.97 Å². The lowest BCUT2D eigenvalue weighted by Crippen LogP contribution is -2.41. The van der Waals surface area contributed by atoms with Crippen LogP contribution in [0.1, 0.15) is 44.6 Å². The molecule has 1 saturated carbocycles. The SMILES string of the molecule is CC1(C)C(CC(=O)O)C1c1cccc(OCCCNC2=NCCCN2)c1. The van der Waals surface area contributed by atoms with Crippen LogP contribution in [0.5, 0.6) is 5.75 Å². The zero-order valence-electron chi connectivity index (χ0n) is 15.6. The van der Waals surface area contributed by atoms with E-state index in [4.69, 9.17) is 9.84 Å². The molecular formula is C20H29N3O3. The molecule has 2 atom stereocenters. The third-order valence-corrected chi connectivity index (χ3v) is 5.44. The Morgan fingerprint density at radius 2 is 2.31 bits per heavy atom. The van der Waals surface area contributed by atoms with Crippen LogP contribution in [-0.2, 0) is 4.79 Å². The Kier molecular flexibility index (Phi) is 5.69. The highest BCUT2D eigenvalue weighted by Gasteiger charge is 2.58. The van der Waals surface area contributed by atoms with Gasteiger partial charge in [0.05, 0.1) is 6.61 Å². The third-order valence-electron chi connectivity index (χ3n) is 5.44. The fourth-order valence-corrected chi connectivity index (χ4v) is 3.89. The standard InChI is InChI=1S/C20H29N3O3/c1-20(2)16(13-17(24)25)18(20)14-6-3-7-15(12-14)26-11-5-10-23-19-21-8-4-9-22-19/h3,6-7,12,16,18H,4-5,8-11,13H2,1-2H3,(H,24,25)(H2,21,22,23). The highest BCUT2D eigenvalue weighted by molar-refractivity contribution is 5.80. The number of guanidine groups is 1. The summed E-state index contributed by atoms with van der Waals surface area (Å²) in [4.78, 5) is 15.4. The smallest absolute Gasteiger partial charge is 0.303 e. The van der Waals surface area contributed by atoms with Crippen molar-refractivity contribution in [1.82, 2.24) is 10.6 Å². The van der Waals surface area contributed by atoms with Crippen molar-refractivity contribution in [1.29, 1.82) is 0 Å². The van der Waals surface area contributed by atoms with Gasteiger partial charge in [0.15, 0.2) is 5.96 Å². The highest BCUT2D eigenvalue weighted by atomic mass is 16.5. The minimum absolute atomic E-state index is 0.0364. The van der Waals surface area contributed by atoms with Crippen molar-refractivity contribution in [2.24, 2.45) is 16.3 Å². The van der Waals surface area contributed by atoms with E-state index in [0.29, 0.717) is 12.5 Å². The van der Waals surface area contributed by atoms with Crippen LogP contribution in [0.25, 0.3) is 0 Å². The Labute approximate surface area is 155 Å². The van der Waals surface area contributed by atoms with Gasteiger partial charge >= 0.3 is 5.97 Å². The first kappa shape index (κ1) is 18.5. The Hall–Kier alpha value is -2.24. The van der Waals surface area contributed by atoms with E-state index in [1.807, 2.05) is 12.1 Å². The first-order valence-electron chi connectivity index (χ1n) is 9.45. The fraction of sp³-hybridized carbons (Fsp3) is 0.600. The number of ether oxygens (including phenoxy) is 1. The molecule has 1 aliphatic heterocycles. The second-order valence-electron chi connectivity index (χ2n) is 7.72. The van der Waals surface area contributed by atoms with Crippen molar-refractivity contribution in [3.8, 4) is 5.75 Å². The second kappa shape index (κ2) is 7.98. The van der Waals surface area contributed by atoms with Crippen LogP contribution in [0.3, 0.4) is 0 Å². The van der Waals surface area contributed by atoms with Crippen LogP contribution >= 0.6 is 0 Å². The number of hydrogen-bond acceptors (Lipinski definition) is 5. The summed E-state index contributed by atoms with van der Waals surface area (Å²) in [5.41, 5.74) is 1.21. The minimum atomic E-state index is -0.720. The van der Waals surface area contributed by atoms with Gasteiger partial charge < -0.3 is 20.5 Å². The summed E-state index contributed by atoms with van der Waals surface area (Å²) < 4.78 is 5.88. The zero-order valence-corrected chi connectivity index (χ0v) is 15.6. The van der Waals surface area contributed by atoms with E-state index in [0.717, 1.165) is 44.2 Å². The molecule has 0 aromatic heterocycles. The summed E-state index contributed by atoms with van der Waals surface area (Å²) in [5.74, 6) is 1.51. The summed E-state index contributed by atoms with van der Waals surface area (Å²) in [5, 5.41) is 15.6. The minimum Gasteiger partial charge on any atom is -0.494 e. The average Bonchev–Trinajstić information content (AvgIpc) is 3.15. The lowest BCUT2D eigenvalue weighted by Gasteiger charge is -2.16. The van der Waals surface area contributed by atoms with Gasteiger partial charge in [0.2, 0.25) is 0 Å². The maximum atomic E-state index is 11.1. The zero-order chi connectivity index (χ0) is 18.6. The van der Waals surface area contributed by atoms with Crippen molar-refractivity contribution in [2.75, 3.05) is 26.2 Å². The molecule has 6 heteroatoms. The normalized spacial score (nSPS) is 23.5. The van der Waals surface area contributed by atoms with Crippen LogP contribution in [0.4, 0.5) is 0 Å². The lowest BCUT2D eigenvalue weighted by atomic mass is 10.0. The fourth-order valence-electron chi connectivity index (χ4n) is 3.89. The number of carboxylic acid groups (broad SMARTS) is 1. The first-order valence-corrected chi connectivity index (χ1v) is 9.45. The monoisotopic (exact) mass is 359 g/mol. The largest absolute Gasteiger partial charge is 0.494 e. The molecule has 0 amide bonds. The van der Waals surface area contributed by atoms with E-state index in [2.05, 4.69) is 41.6 Å². The maximum absolute atomic E-state index is 11.1. The van der Waals surface area contributed by atoms with Gasteiger partial charge in [-0.25, -0.2) is 0 Å². The Balaban J connectivity index is 1.46. The van der Waals surface area contributed by atoms with Gasteiger partial charge in [-0.2, -0.15) is 0 Å². The topological polar surface area (TPSA) is 83.0 Å². The molecule has 1 aromatic rings. The number of nitrogens with zero attached hydrogens (tertiary/aromatic N) is 1. The first-order chi connectivity index (χ1) is 12.5. The van der Waals surface area contributed by atoms with E-state index in [-0.39, 0.29) is 17.8 Å². The maximum Gasteiger partial charge on any atom is 0.303 e. The van der Waals surface area contributed by atoms with Gasteiger partial charge in [-0.05, 0) is 47.8 Å². The summed E-state index contributed by atoms with van der Waals surface area (Å²) in [6.45, 7) is 7.62. The molecule has 26 heavy (non-hydrogen) atoms. The molecule has 0 spiro atoms. The number of aliphatic carboxylic acids is 1. The van der Waals surface area contributed by atoms with E-state index in [9.17, 15) is 4.79 Å². The predicted octanol–water partition coefficient (Wildman–Crippen LogP) is 2.61. The van der Waals surface area contributed by atoms with Gasteiger partial charge in [-0.15, -0.1) is 0 Å². The van der Waals surface area contributed by atoms with Gasteiger partial charge in [0.25, 0.3) is 0 Å². The molecule has 0 radical (unpaired) electrons. The van der Waals surface area contributed by atoms with E-state index in [1.165, 1.54) is 5.56 Å². The van der Waals surface area contributed by atoms with Crippen LogP contribution in [-0.4, -0.2) is 43.3 Å². The summed E-state index contributed by atoms with van der Waals surface area (Å²) in [6, 6.07) is 8.10. The highest BCUT2D eigenvalue weighted by Crippen LogP contribution is 2.66. The van der Waals surface area contributed by atoms with Gasteiger partial charge in [0.1, 0.15) is 5.75 Å². The van der Waals surface area contributed by atoms with Crippen molar-refractivity contribution in [3.05, 3.63) is 29.8 Å². The molecule has 142 valence electrons. The number of aliphatic imine (C=N–C) groups is 1. The molecule has 2 unspecified atom stereocenters. The van der Waals surface area contributed by atoms with E-state index >= 15 is 0 Å². The number of rotatable bonds is 8. The number of benzene rings is 1. The molecule has 1 heterocycles. The number of nitrogens with one attached hydrogen (secondary N) is 2. The molecule has 0 saturated heterocycles. The van der Waals surface area contributed by atoms with Crippen LogP contribution in [0.2, 0.25) is 0 Å². The van der Waals surface area contributed by atoms with Gasteiger partial charge in [0, 0.05) is 26.1 Å². The van der Waals surface area contributed by atoms with Crippen molar-refractivity contribution >= 4 is 11.9 Å². The number of hydrogen-bond donors (Lipinski definition) is 3. The average molecular weight is 359 g/mol. The molecule has 1 aromatic carbocycles. The van der Waals surface area contributed by atoms with Gasteiger partial charge in [-0.3, -0.25) is 9.79 Å². The van der Waals surface area contributed by atoms with Crippen LogP contribution < -0.4 is 15.4 Å². The molecule has 6 nitrogen and oxygen atoms in total. The molecular weight excluding hydrogens is 330 g/mol. The molecule has 1 fully saturated rings. The molecule has 1 aliphatic carbocycles. The van der Waals surface area contributed by atoms with Crippen LogP contribution in [0, 0.1) is 11.3 Å². The second-order valence-corrected chi connectivity index (χ2v) is 7.72. The molecule has 0 bridgehead atoms. The Bertz CT molecular complexity index is 672. The Morgan fingerprint density at radius 3 is 3.04 bits per heavy atom. The third kappa shape index (κ3) is 4.48. The predicted molar refractivity (Wildman–Crippen MR) is 102 cm³/mol. The summed E-state index contributed by atoms with van der Waals surface area (Å²) in [6.07, 6.45) is 2.21. The molecule has 2 aliphatic rings. The Morgan fingerprint density at radius 1 is 1.46 bits per heavy atom. The number of carbonyl (C=O) groups is 1. The van der Waals surface area contributed by atoms with Gasteiger partial charge in [-0.1, -0.05) is 26.0 Å². The van der Waals surface area contributed by atoms with Crippen LogP contribution in [0.15, 0.2) is 29.3 Å². The summed E-state index contributed by atoms with van der Waals surface area (Å²) in [7, 11) is 0. The lowest BCUT2D eigenvalue weighted by molar-refractivity contribution is -0.137. The van der Waals surface area contributed by atoms with Crippen molar-refractivity contribution in [3.63, 3.8) is 0 Å². The number of carboxylic acids is 1. The van der Waals surface area contributed by atoms with E-state index in [1.54, 1.807) is 0 Å². The molecule has 3 rings (SSSR count). The molecule has 3 N–H and O–H groups in total. The van der Waals surface area contributed by atoms with Crippen molar-refractivity contribution < 1.29 is 14.6 Å². The van der Waals surface area contributed by atoms with Crippen molar-refractivity contribution in [2.45, 2.75) is 39.0 Å². The summed E-state index contributed by atoms with van der Waals surface area (Å²) >= 11 is 0.